The number of hydrogen-bond donors (Lipinski definition) is 2. The molecule has 0 saturated carbocycles. The molecule has 2 heterocycles. The molecule has 1 aromatic carbocycles. The maximum Gasteiger partial charge on any atom is 0.0948 e. The normalized spacial score (nSPS) is 10.7. The number of nitrogens with zero attached hydrogens (tertiary/aromatic N) is 3. The van der Waals surface area contributed by atoms with Crippen molar-refractivity contribution >= 4 is 5.69 Å². The van der Waals surface area contributed by atoms with Crippen LogP contribution in [0, 0.1) is 0 Å². The fourth-order valence-corrected chi connectivity index (χ4v) is 2.31. The van der Waals surface area contributed by atoms with E-state index in [0.29, 0.717) is 0 Å². The van der Waals surface area contributed by atoms with E-state index >= 15 is 0 Å². The average molecular weight is 281 g/mol. The third-order valence-corrected chi connectivity index (χ3v) is 3.43. The molecule has 5 heteroatoms. The number of hydrogen-bond acceptors (Lipinski definition) is 3. The van der Waals surface area contributed by atoms with Gasteiger partial charge in [0.2, 0.25) is 0 Å². The lowest BCUT2D eigenvalue weighted by molar-refractivity contribution is 0.651. The molecule has 0 saturated heterocycles. The highest BCUT2D eigenvalue weighted by Crippen LogP contribution is 2.19. The molecule has 0 aliphatic rings. The highest BCUT2D eigenvalue weighted by molar-refractivity contribution is 5.61. The summed E-state index contributed by atoms with van der Waals surface area (Å²) in [5, 5.41) is 3.43. The van der Waals surface area contributed by atoms with Crippen molar-refractivity contribution in [2.75, 3.05) is 5.32 Å². The van der Waals surface area contributed by atoms with E-state index in [4.69, 9.17) is 0 Å². The van der Waals surface area contributed by atoms with E-state index in [1.807, 2.05) is 18.7 Å². The number of imidazole rings is 2. The van der Waals surface area contributed by atoms with Crippen molar-refractivity contribution in [1.29, 1.82) is 0 Å². The lowest BCUT2D eigenvalue weighted by atomic mass is 10.1. The summed E-state index contributed by atoms with van der Waals surface area (Å²) >= 11 is 0. The Kier molecular flexibility index (Phi) is 4.00. The topological polar surface area (TPSA) is 58.5 Å². The number of rotatable bonds is 6. The Bertz CT molecular complexity index is 667. The van der Waals surface area contributed by atoms with Crippen molar-refractivity contribution in [2.24, 2.45) is 0 Å². The third-order valence-electron chi connectivity index (χ3n) is 3.43. The van der Waals surface area contributed by atoms with Crippen LogP contribution in [0.3, 0.4) is 0 Å². The summed E-state index contributed by atoms with van der Waals surface area (Å²) < 4.78 is 2.19. The molecule has 0 amide bonds. The zero-order chi connectivity index (χ0) is 14.5. The smallest absolute Gasteiger partial charge is 0.0948 e. The predicted molar refractivity (Wildman–Crippen MR) is 83.9 cm³/mol. The standard InChI is InChI=1S/C16H19N5/c1-2-7-21-12-18-8-15(21)9-19-14-5-3-13(4-6-14)16-10-17-11-20-16/h3-6,8,10-12,19H,2,7,9H2,1H3,(H,17,20). The molecule has 108 valence electrons. The van der Waals surface area contributed by atoms with E-state index < -0.39 is 0 Å². The maximum atomic E-state index is 4.21. The second-order valence-corrected chi connectivity index (χ2v) is 4.97. The Morgan fingerprint density at radius 2 is 2.00 bits per heavy atom. The number of anilines is 1. The summed E-state index contributed by atoms with van der Waals surface area (Å²) in [6.45, 7) is 3.96. The first-order valence-corrected chi connectivity index (χ1v) is 7.18. The minimum absolute atomic E-state index is 0.781. The SMILES string of the molecule is CCCn1cncc1CNc1ccc(-c2cnc[nH]2)cc1. The molecule has 0 aliphatic heterocycles. The Labute approximate surface area is 124 Å². The zero-order valence-corrected chi connectivity index (χ0v) is 12.1. The summed E-state index contributed by atoms with van der Waals surface area (Å²) in [5.74, 6) is 0. The lowest BCUT2D eigenvalue weighted by Gasteiger charge is -2.09. The van der Waals surface area contributed by atoms with E-state index in [1.54, 1.807) is 6.33 Å². The first kappa shape index (κ1) is 13.4. The van der Waals surface area contributed by atoms with Crippen molar-refractivity contribution in [3.05, 3.63) is 55.0 Å². The van der Waals surface area contributed by atoms with Gasteiger partial charge in [0.15, 0.2) is 0 Å². The summed E-state index contributed by atoms with van der Waals surface area (Å²) in [4.78, 5) is 11.4. The molecule has 0 bridgehead atoms. The Hall–Kier alpha value is -2.56. The van der Waals surface area contributed by atoms with Crippen LogP contribution >= 0.6 is 0 Å². The van der Waals surface area contributed by atoms with Crippen LogP contribution in [0.1, 0.15) is 19.0 Å². The van der Waals surface area contributed by atoms with Gasteiger partial charge in [-0.25, -0.2) is 9.97 Å². The number of benzene rings is 1. The zero-order valence-electron chi connectivity index (χ0n) is 12.1. The van der Waals surface area contributed by atoms with Gasteiger partial charge in [-0.1, -0.05) is 19.1 Å². The molecule has 2 aromatic heterocycles. The quantitative estimate of drug-likeness (QED) is 0.729. The second-order valence-electron chi connectivity index (χ2n) is 4.97. The first-order valence-electron chi connectivity index (χ1n) is 7.18. The fraction of sp³-hybridized carbons (Fsp3) is 0.250. The van der Waals surface area contributed by atoms with Crippen LogP contribution in [-0.4, -0.2) is 19.5 Å². The molecule has 2 N–H and O–H groups in total. The van der Waals surface area contributed by atoms with Crippen LogP contribution in [-0.2, 0) is 13.1 Å². The molecular weight excluding hydrogens is 262 g/mol. The van der Waals surface area contributed by atoms with E-state index in [9.17, 15) is 0 Å². The molecule has 0 aliphatic carbocycles. The highest BCUT2D eigenvalue weighted by Gasteiger charge is 2.02. The Morgan fingerprint density at radius 1 is 1.14 bits per heavy atom. The lowest BCUT2D eigenvalue weighted by Crippen LogP contribution is -2.06. The molecule has 3 aromatic rings. The Balaban J connectivity index is 1.64. The van der Waals surface area contributed by atoms with Gasteiger partial charge in [0, 0.05) is 18.4 Å². The minimum Gasteiger partial charge on any atom is -0.379 e. The van der Waals surface area contributed by atoms with Crippen LogP contribution in [0.2, 0.25) is 0 Å². The van der Waals surface area contributed by atoms with Gasteiger partial charge >= 0.3 is 0 Å². The van der Waals surface area contributed by atoms with Crippen molar-refractivity contribution < 1.29 is 0 Å². The molecule has 0 fully saturated rings. The van der Waals surface area contributed by atoms with Gasteiger partial charge in [0.25, 0.3) is 0 Å². The number of H-pyrrole nitrogens is 1. The molecule has 3 rings (SSSR count). The minimum atomic E-state index is 0.781. The molecule has 21 heavy (non-hydrogen) atoms. The van der Waals surface area contributed by atoms with Crippen LogP contribution in [0.5, 0.6) is 0 Å². The number of aryl methyl sites for hydroxylation is 1. The molecule has 5 nitrogen and oxygen atoms in total. The highest BCUT2D eigenvalue weighted by atomic mass is 15.1. The molecule has 0 spiro atoms. The van der Waals surface area contributed by atoms with Crippen molar-refractivity contribution in [3.63, 3.8) is 0 Å². The van der Waals surface area contributed by atoms with E-state index in [1.165, 1.54) is 5.69 Å². The van der Waals surface area contributed by atoms with E-state index in [0.717, 1.165) is 36.5 Å². The third kappa shape index (κ3) is 3.13. The summed E-state index contributed by atoms with van der Waals surface area (Å²) in [6.07, 6.45) is 8.44. The van der Waals surface area contributed by atoms with Gasteiger partial charge in [0.05, 0.1) is 36.8 Å². The molecule has 0 atom stereocenters. The van der Waals surface area contributed by atoms with Gasteiger partial charge in [-0.05, 0) is 24.1 Å². The van der Waals surface area contributed by atoms with Crippen LogP contribution < -0.4 is 5.32 Å². The maximum absolute atomic E-state index is 4.21. The average Bonchev–Trinajstić information content (AvgIpc) is 3.18. The van der Waals surface area contributed by atoms with Crippen molar-refractivity contribution in [2.45, 2.75) is 26.4 Å². The molecular formula is C16H19N5. The summed E-state index contributed by atoms with van der Waals surface area (Å²) in [6, 6.07) is 8.33. The first-order chi connectivity index (χ1) is 10.4. The van der Waals surface area contributed by atoms with Gasteiger partial charge in [-0.2, -0.15) is 0 Å². The van der Waals surface area contributed by atoms with Crippen LogP contribution in [0.25, 0.3) is 11.3 Å². The summed E-state index contributed by atoms with van der Waals surface area (Å²) in [7, 11) is 0. The number of aromatic amines is 1. The number of aromatic nitrogens is 4. The van der Waals surface area contributed by atoms with Crippen LogP contribution in [0.15, 0.2) is 49.3 Å². The Morgan fingerprint density at radius 3 is 2.71 bits per heavy atom. The van der Waals surface area contributed by atoms with E-state index in [-0.39, 0.29) is 0 Å². The van der Waals surface area contributed by atoms with Gasteiger partial charge in [-0.15, -0.1) is 0 Å². The molecule has 0 unspecified atom stereocenters. The van der Waals surface area contributed by atoms with Crippen molar-refractivity contribution in [1.82, 2.24) is 19.5 Å². The van der Waals surface area contributed by atoms with Gasteiger partial charge in [0.1, 0.15) is 0 Å². The predicted octanol–water partition coefficient (Wildman–Crippen LogP) is 3.30. The van der Waals surface area contributed by atoms with Crippen LogP contribution in [0.4, 0.5) is 5.69 Å². The second kappa shape index (κ2) is 6.26. The van der Waals surface area contributed by atoms with E-state index in [2.05, 4.69) is 56.0 Å². The number of nitrogens with one attached hydrogen (secondary N) is 2. The van der Waals surface area contributed by atoms with Gasteiger partial charge in [-0.3, -0.25) is 0 Å². The molecule has 0 radical (unpaired) electrons. The summed E-state index contributed by atoms with van der Waals surface area (Å²) in [5.41, 5.74) is 4.47. The fourth-order valence-electron chi connectivity index (χ4n) is 2.31. The van der Waals surface area contributed by atoms with Crippen molar-refractivity contribution in [3.8, 4) is 11.3 Å². The largest absolute Gasteiger partial charge is 0.379 e. The van der Waals surface area contributed by atoms with Gasteiger partial charge < -0.3 is 14.9 Å². The monoisotopic (exact) mass is 281 g/mol.